The van der Waals surface area contributed by atoms with Gasteiger partial charge in [0.05, 0.1) is 22.8 Å². The number of likely N-dealkylation sites (tertiary alicyclic amines) is 1. The molecule has 1 unspecified atom stereocenters. The number of nitrogens with zero attached hydrogens (tertiary/aromatic N) is 3. The number of hydrogen-bond donors (Lipinski definition) is 1. The molecule has 0 spiro atoms. The molecular formula is C23H18BrN3O4. The summed E-state index contributed by atoms with van der Waals surface area (Å²) in [6.07, 6.45) is 4.86. The molecule has 4 rings (SSSR count). The van der Waals surface area contributed by atoms with Crippen molar-refractivity contribution in [1.82, 2.24) is 14.9 Å². The molecule has 3 aromatic rings. The first-order valence-corrected chi connectivity index (χ1v) is 10.2. The Morgan fingerprint density at radius 3 is 2.65 bits per heavy atom. The average Bonchev–Trinajstić information content (AvgIpc) is 3.04. The van der Waals surface area contributed by atoms with Gasteiger partial charge in [0.1, 0.15) is 17.6 Å². The fourth-order valence-corrected chi connectivity index (χ4v) is 4.09. The molecule has 1 aromatic carbocycles. The molecule has 1 saturated heterocycles. The number of ether oxygens (including phenoxy) is 1. The number of pyridine rings is 2. The van der Waals surface area contributed by atoms with E-state index in [1.807, 2.05) is 6.07 Å². The summed E-state index contributed by atoms with van der Waals surface area (Å²) in [5.41, 5.74) is 1.62. The number of ketones is 1. The van der Waals surface area contributed by atoms with Crippen molar-refractivity contribution in [2.75, 3.05) is 7.11 Å². The number of aliphatic hydroxyl groups is 1. The molecule has 1 aliphatic heterocycles. The fraction of sp³-hybridized carbons (Fsp3) is 0.130. The van der Waals surface area contributed by atoms with Gasteiger partial charge < -0.3 is 14.7 Å². The number of rotatable bonds is 5. The second-order valence-electron chi connectivity index (χ2n) is 6.89. The van der Waals surface area contributed by atoms with E-state index >= 15 is 0 Å². The topological polar surface area (TPSA) is 92.6 Å². The van der Waals surface area contributed by atoms with Gasteiger partial charge in [-0.1, -0.05) is 12.1 Å². The molecule has 2 aromatic heterocycles. The lowest BCUT2D eigenvalue weighted by atomic mass is 9.98. The van der Waals surface area contributed by atoms with E-state index in [0.29, 0.717) is 21.5 Å². The number of methoxy groups -OCH3 is 1. The summed E-state index contributed by atoms with van der Waals surface area (Å²) in [6.45, 7) is 0.155. The van der Waals surface area contributed by atoms with Crippen LogP contribution in [0.1, 0.15) is 22.9 Å². The SMILES string of the molecule is COc1ccc(/C(O)=C2/C(=O)C(=O)N(Cc3cccnc3)C2c2ccccn2)cc1Br. The highest BCUT2D eigenvalue weighted by atomic mass is 79.9. The maximum Gasteiger partial charge on any atom is 0.296 e. The van der Waals surface area contributed by atoms with E-state index in [0.717, 1.165) is 5.56 Å². The molecule has 1 fully saturated rings. The van der Waals surface area contributed by atoms with Crippen LogP contribution in [-0.4, -0.2) is 38.8 Å². The third-order valence-electron chi connectivity index (χ3n) is 5.01. The number of carbonyl (C=O) groups is 2. The Morgan fingerprint density at radius 1 is 1.16 bits per heavy atom. The number of carbonyl (C=O) groups excluding carboxylic acids is 2. The second kappa shape index (κ2) is 8.69. The number of benzene rings is 1. The standard InChI is InChI=1S/C23H18BrN3O4/c1-31-18-8-7-15(11-16(18)24)21(28)19-20(17-6-2-3-10-26-17)27(23(30)22(19)29)13-14-5-4-9-25-12-14/h2-12,20,28H,13H2,1H3/b21-19-. The van der Waals surface area contributed by atoms with Gasteiger partial charge in [0, 0.05) is 30.7 Å². The largest absolute Gasteiger partial charge is 0.507 e. The molecular weight excluding hydrogens is 462 g/mol. The van der Waals surface area contributed by atoms with Gasteiger partial charge in [-0.15, -0.1) is 0 Å². The highest BCUT2D eigenvalue weighted by molar-refractivity contribution is 9.10. The van der Waals surface area contributed by atoms with Crippen LogP contribution in [0.15, 0.2) is 77.2 Å². The van der Waals surface area contributed by atoms with Crippen LogP contribution in [-0.2, 0) is 16.1 Å². The van der Waals surface area contributed by atoms with E-state index in [-0.39, 0.29) is 17.9 Å². The molecule has 7 nitrogen and oxygen atoms in total. The van der Waals surface area contributed by atoms with Gasteiger partial charge in [0.25, 0.3) is 11.7 Å². The third-order valence-corrected chi connectivity index (χ3v) is 5.63. The summed E-state index contributed by atoms with van der Waals surface area (Å²) in [5.74, 6) is -1.15. The molecule has 0 radical (unpaired) electrons. The Labute approximate surface area is 187 Å². The number of halogens is 1. The first-order chi connectivity index (χ1) is 15.0. The van der Waals surface area contributed by atoms with Crippen LogP contribution in [0.2, 0.25) is 0 Å². The lowest BCUT2D eigenvalue weighted by molar-refractivity contribution is -0.140. The summed E-state index contributed by atoms with van der Waals surface area (Å²) in [5, 5.41) is 11.1. The lowest BCUT2D eigenvalue weighted by Crippen LogP contribution is -2.29. The maximum absolute atomic E-state index is 13.0. The summed E-state index contributed by atoms with van der Waals surface area (Å²) >= 11 is 3.39. The molecule has 1 atom stereocenters. The predicted octanol–water partition coefficient (Wildman–Crippen LogP) is 3.87. The third kappa shape index (κ3) is 3.94. The van der Waals surface area contributed by atoms with Crippen LogP contribution < -0.4 is 4.74 Å². The number of hydrogen-bond acceptors (Lipinski definition) is 6. The van der Waals surface area contributed by atoms with E-state index in [1.165, 1.54) is 12.0 Å². The monoisotopic (exact) mass is 479 g/mol. The highest BCUT2D eigenvalue weighted by Crippen LogP contribution is 2.40. The summed E-state index contributed by atoms with van der Waals surface area (Å²) in [4.78, 5) is 35.8. The Kier molecular flexibility index (Phi) is 5.81. The van der Waals surface area contributed by atoms with Crippen LogP contribution in [0.25, 0.3) is 5.76 Å². The van der Waals surface area contributed by atoms with Crippen molar-refractivity contribution >= 4 is 33.4 Å². The number of aromatic nitrogens is 2. The molecule has 3 heterocycles. The van der Waals surface area contributed by atoms with Gasteiger partial charge in [-0.25, -0.2) is 0 Å². The predicted molar refractivity (Wildman–Crippen MR) is 117 cm³/mol. The van der Waals surface area contributed by atoms with Gasteiger partial charge in [0.15, 0.2) is 0 Å². The van der Waals surface area contributed by atoms with E-state index < -0.39 is 17.7 Å². The van der Waals surface area contributed by atoms with Crippen molar-refractivity contribution in [3.05, 3.63) is 94.0 Å². The quantitative estimate of drug-likeness (QED) is 0.339. The first-order valence-electron chi connectivity index (χ1n) is 9.43. The van der Waals surface area contributed by atoms with E-state index in [4.69, 9.17) is 4.74 Å². The molecule has 1 amide bonds. The van der Waals surface area contributed by atoms with Crippen molar-refractivity contribution in [1.29, 1.82) is 0 Å². The summed E-state index contributed by atoms with van der Waals surface area (Å²) in [7, 11) is 1.53. The molecule has 156 valence electrons. The van der Waals surface area contributed by atoms with Crippen LogP contribution in [0.5, 0.6) is 5.75 Å². The zero-order valence-corrected chi connectivity index (χ0v) is 18.1. The first kappa shape index (κ1) is 20.7. The average molecular weight is 480 g/mol. The zero-order chi connectivity index (χ0) is 22.0. The molecule has 0 aliphatic carbocycles. The van der Waals surface area contributed by atoms with Crippen molar-refractivity contribution < 1.29 is 19.4 Å². The molecule has 31 heavy (non-hydrogen) atoms. The van der Waals surface area contributed by atoms with Crippen LogP contribution in [0.4, 0.5) is 0 Å². The number of amides is 1. The fourth-order valence-electron chi connectivity index (χ4n) is 3.55. The zero-order valence-electron chi connectivity index (χ0n) is 16.5. The van der Waals surface area contributed by atoms with E-state index in [9.17, 15) is 14.7 Å². The summed E-state index contributed by atoms with van der Waals surface area (Å²) in [6, 6.07) is 12.9. The van der Waals surface area contributed by atoms with Crippen molar-refractivity contribution in [3.63, 3.8) is 0 Å². The minimum Gasteiger partial charge on any atom is -0.507 e. The van der Waals surface area contributed by atoms with Gasteiger partial charge in [-0.3, -0.25) is 19.6 Å². The second-order valence-corrected chi connectivity index (χ2v) is 7.75. The van der Waals surface area contributed by atoms with Crippen molar-refractivity contribution in [2.45, 2.75) is 12.6 Å². The molecule has 1 N–H and O–H groups in total. The highest BCUT2D eigenvalue weighted by Gasteiger charge is 2.46. The molecule has 8 heteroatoms. The van der Waals surface area contributed by atoms with Crippen LogP contribution >= 0.6 is 15.9 Å². The van der Waals surface area contributed by atoms with E-state index in [1.54, 1.807) is 61.1 Å². The van der Waals surface area contributed by atoms with Crippen molar-refractivity contribution in [2.24, 2.45) is 0 Å². The van der Waals surface area contributed by atoms with Gasteiger partial charge in [-0.05, 0) is 57.9 Å². The van der Waals surface area contributed by atoms with Crippen molar-refractivity contribution in [3.8, 4) is 5.75 Å². The maximum atomic E-state index is 13.0. The molecule has 0 bridgehead atoms. The smallest absolute Gasteiger partial charge is 0.296 e. The van der Waals surface area contributed by atoms with Crippen LogP contribution in [0, 0.1) is 0 Å². The molecule has 1 aliphatic rings. The lowest BCUT2D eigenvalue weighted by Gasteiger charge is -2.24. The normalized spacial score (nSPS) is 17.7. The Hall–Kier alpha value is -3.52. The van der Waals surface area contributed by atoms with Gasteiger partial charge in [0.2, 0.25) is 0 Å². The Morgan fingerprint density at radius 2 is 2.00 bits per heavy atom. The number of Topliss-reactive ketones (excluding diaryl/α,β-unsaturated/α-hetero) is 1. The minimum absolute atomic E-state index is 0.00958. The minimum atomic E-state index is -0.831. The van der Waals surface area contributed by atoms with Gasteiger partial charge >= 0.3 is 0 Å². The van der Waals surface area contributed by atoms with Gasteiger partial charge in [-0.2, -0.15) is 0 Å². The Bertz CT molecular complexity index is 1170. The molecule has 0 saturated carbocycles. The Balaban J connectivity index is 1.85. The summed E-state index contributed by atoms with van der Waals surface area (Å²) < 4.78 is 5.84. The van der Waals surface area contributed by atoms with E-state index in [2.05, 4.69) is 25.9 Å². The van der Waals surface area contributed by atoms with Crippen LogP contribution in [0.3, 0.4) is 0 Å². The number of aliphatic hydroxyl groups excluding tert-OH is 1.